The van der Waals surface area contributed by atoms with E-state index in [1.165, 1.54) is 0 Å². The normalized spacial score (nSPS) is 11.7. The molecule has 0 radical (unpaired) electrons. The first kappa shape index (κ1) is 17.8. The van der Waals surface area contributed by atoms with Crippen LogP contribution in [0.15, 0.2) is 24.3 Å². The predicted octanol–water partition coefficient (Wildman–Crippen LogP) is 2.74. The Morgan fingerprint density at radius 2 is 1.59 bits per heavy atom. The number of anilines is 1. The van der Waals surface area contributed by atoms with E-state index in [0.29, 0.717) is 0 Å². The highest BCUT2D eigenvalue weighted by molar-refractivity contribution is 5.94. The molecule has 1 aromatic rings. The van der Waals surface area contributed by atoms with E-state index in [4.69, 9.17) is 0 Å². The lowest BCUT2D eigenvalue weighted by Gasteiger charge is -2.20. The summed E-state index contributed by atoms with van der Waals surface area (Å²) >= 11 is 0. The van der Waals surface area contributed by atoms with Gasteiger partial charge in [0.2, 0.25) is 5.91 Å². The Kier molecular flexibility index (Phi) is 5.40. The average Bonchev–Trinajstić information content (AvgIpc) is 2.34. The topological polar surface area (TPSA) is 70.2 Å². The van der Waals surface area contributed by atoms with Crippen molar-refractivity contribution in [1.29, 1.82) is 0 Å². The van der Waals surface area contributed by atoms with Crippen LogP contribution in [0.3, 0.4) is 0 Å². The minimum atomic E-state index is -4.42. The van der Waals surface area contributed by atoms with Crippen molar-refractivity contribution in [2.24, 2.45) is 0 Å². The molecule has 0 aliphatic heterocycles. The first-order valence-corrected chi connectivity index (χ1v) is 6.50. The molecule has 5 nitrogen and oxygen atoms in total. The molecule has 0 aliphatic rings. The van der Waals surface area contributed by atoms with Gasteiger partial charge in [0.05, 0.1) is 12.1 Å². The fourth-order valence-corrected chi connectivity index (χ4v) is 1.49. The van der Waals surface area contributed by atoms with Gasteiger partial charge in [-0.25, -0.2) is 4.79 Å². The van der Waals surface area contributed by atoms with Crippen molar-refractivity contribution < 1.29 is 22.8 Å². The Balaban J connectivity index is 2.47. The number of hydrogen-bond acceptors (Lipinski definition) is 2. The molecule has 122 valence electrons. The Morgan fingerprint density at radius 1 is 1.05 bits per heavy atom. The monoisotopic (exact) mass is 317 g/mol. The first-order chi connectivity index (χ1) is 9.97. The van der Waals surface area contributed by atoms with Crippen LogP contribution >= 0.6 is 0 Å². The summed E-state index contributed by atoms with van der Waals surface area (Å²) in [5.74, 6) is -0.538. The number of nitrogens with one attached hydrogen (secondary N) is 3. The van der Waals surface area contributed by atoms with Crippen LogP contribution in [0.2, 0.25) is 0 Å². The molecule has 0 atom stereocenters. The van der Waals surface area contributed by atoms with Crippen molar-refractivity contribution in [2.75, 3.05) is 11.9 Å². The SMILES string of the molecule is CC(C)(C)NC(=O)NCC(=O)Nc1ccc(C(F)(F)F)cc1. The van der Waals surface area contributed by atoms with Crippen molar-refractivity contribution in [3.05, 3.63) is 29.8 Å². The number of halogens is 3. The van der Waals surface area contributed by atoms with E-state index >= 15 is 0 Å². The molecule has 1 rings (SSSR count). The number of benzene rings is 1. The quantitative estimate of drug-likeness (QED) is 0.802. The van der Waals surface area contributed by atoms with Gasteiger partial charge in [0.15, 0.2) is 0 Å². The van der Waals surface area contributed by atoms with E-state index in [0.717, 1.165) is 24.3 Å². The van der Waals surface area contributed by atoms with E-state index in [-0.39, 0.29) is 12.2 Å². The molecule has 0 fully saturated rings. The molecule has 0 saturated heterocycles. The summed E-state index contributed by atoms with van der Waals surface area (Å²) in [6.45, 7) is 5.07. The van der Waals surface area contributed by atoms with Gasteiger partial charge in [-0.2, -0.15) is 13.2 Å². The lowest BCUT2D eigenvalue weighted by Crippen LogP contribution is -2.48. The largest absolute Gasteiger partial charge is 0.416 e. The van der Waals surface area contributed by atoms with E-state index in [9.17, 15) is 22.8 Å². The van der Waals surface area contributed by atoms with Gasteiger partial charge in [-0.15, -0.1) is 0 Å². The zero-order chi connectivity index (χ0) is 17.0. The Hall–Kier alpha value is -2.25. The molecule has 22 heavy (non-hydrogen) atoms. The third-order valence-corrected chi connectivity index (χ3v) is 2.39. The number of carbonyl (C=O) groups is 2. The zero-order valence-electron chi connectivity index (χ0n) is 12.5. The molecule has 8 heteroatoms. The minimum Gasteiger partial charge on any atom is -0.334 e. The number of urea groups is 1. The summed E-state index contributed by atoms with van der Waals surface area (Å²) in [7, 11) is 0. The summed E-state index contributed by atoms with van der Waals surface area (Å²) in [5.41, 5.74) is -1.02. The highest BCUT2D eigenvalue weighted by atomic mass is 19.4. The molecule has 0 aliphatic carbocycles. The lowest BCUT2D eigenvalue weighted by molar-refractivity contribution is -0.137. The average molecular weight is 317 g/mol. The number of alkyl halides is 3. The molecular formula is C14H18F3N3O2. The Morgan fingerprint density at radius 3 is 2.05 bits per heavy atom. The van der Waals surface area contributed by atoms with E-state index < -0.39 is 29.2 Å². The van der Waals surface area contributed by atoms with Gasteiger partial charge < -0.3 is 16.0 Å². The minimum absolute atomic E-state index is 0.219. The lowest BCUT2D eigenvalue weighted by atomic mass is 10.1. The van der Waals surface area contributed by atoms with Crippen LogP contribution in [0.5, 0.6) is 0 Å². The number of rotatable bonds is 3. The highest BCUT2D eigenvalue weighted by Crippen LogP contribution is 2.29. The van der Waals surface area contributed by atoms with Gasteiger partial charge in [-0.3, -0.25) is 4.79 Å². The Labute approximate surface area is 126 Å². The molecule has 1 aromatic carbocycles. The van der Waals surface area contributed by atoms with Gasteiger partial charge in [-0.1, -0.05) is 0 Å². The van der Waals surface area contributed by atoms with Crippen LogP contribution in [-0.4, -0.2) is 24.0 Å². The summed E-state index contributed by atoms with van der Waals surface area (Å²) in [6.07, 6.45) is -4.42. The molecule has 0 saturated carbocycles. The fourth-order valence-electron chi connectivity index (χ4n) is 1.49. The number of amides is 3. The van der Waals surface area contributed by atoms with Crippen LogP contribution in [-0.2, 0) is 11.0 Å². The zero-order valence-corrected chi connectivity index (χ0v) is 12.5. The van der Waals surface area contributed by atoms with Gasteiger partial charge >= 0.3 is 12.2 Å². The van der Waals surface area contributed by atoms with Crippen LogP contribution in [0.4, 0.5) is 23.7 Å². The van der Waals surface area contributed by atoms with Crippen LogP contribution in [0.1, 0.15) is 26.3 Å². The molecule has 0 unspecified atom stereocenters. The third kappa shape index (κ3) is 6.47. The summed E-state index contributed by atoms with van der Waals surface area (Å²) in [4.78, 5) is 23.0. The summed E-state index contributed by atoms with van der Waals surface area (Å²) in [6, 6.07) is 3.53. The van der Waals surface area contributed by atoms with Gasteiger partial charge in [-0.05, 0) is 45.0 Å². The summed E-state index contributed by atoms with van der Waals surface area (Å²) < 4.78 is 37.2. The molecular weight excluding hydrogens is 299 g/mol. The molecule has 0 heterocycles. The van der Waals surface area contributed by atoms with E-state index in [1.54, 1.807) is 20.8 Å². The molecule has 0 spiro atoms. The van der Waals surface area contributed by atoms with Crippen molar-refractivity contribution in [3.8, 4) is 0 Å². The highest BCUT2D eigenvalue weighted by Gasteiger charge is 2.29. The third-order valence-electron chi connectivity index (χ3n) is 2.39. The van der Waals surface area contributed by atoms with E-state index in [1.807, 2.05) is 0 Å². The standard InChI is InChI=1S/C14H18F3N3O2/c1-13(2,3)20-12(22)18-8-11(21)19-10-6-4-9(5-7-10)14(15,16)17/h4-7H,8H2,1-3H3,(H,19,21)(H2,18,20,22). The second-order valence-corrected chi connectivity index (χ2v) is 5.68. The summed E-state index contributed by atoms with van der Waals surface area (Å²) in [5, 5.41) is 7.35. The number of carbonyl (C=O) groups excluding carboxylic acids is 2. The fraction of sp³-hybridized carbons (Fsp3) is 0.429. The van der Waals surface area contributed by atoms with E-state index in [2.05, 4.69) is 16.0 Å². The smallest absolute Gasteiger partial charge is 0.334 e. The molecule has 3 amide bonds. The second kappa shape index (κ2) is 6.67. The molecule has 0 bridgehead atoms. The predicted molar refractivity (Wildman–Crippen MR) is 76.4 cm³/mol. The van der Waals surface area contributed by atoms with Crippen molar-refractivity contribution in [1.82, 2.24) is 10.6 Å². The Bertz CT molecular complexity index is 534. The van der Waals surface area contributed by atoms with Gasteiger partial charge in [0.25, 0.3) is 0 Å². The first-order valence-electron chi connectivity index (χ1n) is 6.50. The van der Waals surface area contributed by atoms with Crippen LogP contribution in [0, 0.1) is 0 Å². The maximum absolute atomic E-state index is 12.4. The molecule has 0 aromatic heterocycles. The van der Waals surface area contributed by atoms with Gasteiger partial charge in [0.1, 0.15) is 0 Å². The van der Waals surface area contributed by atoms with Crippen molar-refractivity contribution in [3.63, 3.8) is 0 Å². The second-order valence-electron chi connectivity index (χ2n) is 5.68. The van der Waals surface area contributed by atoms with Crippen molar-refractivity contribution >= 4 is 17.6 Å². The molecule has 3 N–H and O–H groups in total. The van der Waals surface area contributed by atoms with Crippen LogP contribution < -0.4 is 16.0 Å². The van der Waals surface area contributed by atoms with Crippen LogP contribution in [0.25, 0.3) is 0 Å². The number of hydrogen-bond donors (Lipinski definition) is 3. The maximum atomic E-state index is 12.4. The van der Waals surface area contributed by atoms with Gasteiger partial charge in [0, 0.05) is 11.2 Å². The maximum Gasteiger partial charge on any atom is 0.416 e. The van der Waals surface area contributed by atoms with Crippen molar-refractivity contribution in [2.45, 2.75) is 32.5 Å².